The first kappa shape index (κ1) is 18.7. The molecule has 0 saturated carbocycles. The Kier molecular flexibility index (Phi) is 6.80. The van der Waals surface area contributed by atoms with Gasteiger partial charge >= 0.3 is 17.9 Å². The van der Waals surface area contributed by atoms with Crippen molar-refractivity contribution in [3.8, 4) is 0 Å². The van der Waals surface area contributed by atoms with Crippen LogP contribution in [0, 0.1) is 5.92 Å². The summed E-state index contributed by atoms with van der Waals surface area (Å²) in [5.74, 6) is -2.32. The number of azide groups is 1. The van der Waals surface area contributed by atoms with Gasteiger partial charge in [-0.2, -0.15) is 0 Å². The molecule has 0 aromatic rings. The van der Waals surface area contributed by atoms with E-state index in [0.717, 1.165) is 0 Å². The van der Waals surface area contributed by atoms with E-state index in [1.54, 1.807) is 6.92 Å². The van der Waals surface area contributed by atoms with Crippen molar-refractivity contribution in [3.63, 3.8) is 0 Å². The van der Waals surface area contributed by atoms with E-state index in [1.165, 1.54) is 20.8 Å². The van der Waals surface area contributed by atoms with Crippen LogP contribution >= 0.6 is 0 Å². The van der Waals surface area contributed by atoms with Crippen molar-refractivity contribution < 1.29 is 33.3 Å². The summed E-state index contributed by atoms with van der Waals surface area (Å²) in [6.45, 7) is 5.00. The molecule has 1 saturated heterocycles. The highest BCUT2D eigenvalue weighted by Crippen LogP contribution is 2.31. The van der Waals surface area contributed by atoms with Gasteiger partial charge in [0.1, 0.15) is 25.0 Å². The zero-order valence-electron chi connectivity index (χ0n) is 13.3. The zero-order valence-corrected chi connectivity index (χ0v) is 13.3. The Morgan fingerprint density at radius 3 is 2.13 bits per heavy atom. The molecule has 1 rings (SSSR count). The fourth-order valence-electron chi connectivity index (χ4n) is 2.27. The molecule has 0 aliphatic carbocycles. The third-order valence-electron chi connectivity index (χ3n) is 3.19. The van der Waals surface area contributed by atoms with Crippen LogP contribution < -0.4 is 0 Å². The van der Waals surface area contributed by atoms with Crippen LogP contribution in [0.5, 0.6) is 0 Å². The van der Waals surface area contributed by atoms with Crippen LogP contribution in [-0.4, -0.2) is 49.1 Å². The van der Waals surface area contributed by atoms with Crippen molar-refractivity contribution in [1.29, 1.82) is 0 Å². The molecule has 0 aromatic carbocycles. The van der Waals surface area contributed by atoms with E-state index in [1.807, 2.05) is 0 Å². The number of esters is 3. The van der Waals surface area contributed by atoms with E-state index in [-0.39, 0.29) is 6.61 Å². The maximum Gasteiger partial charge on any atom is 0.303 e. The minimum absolute atomic E-state index is 0.241. The highest BCUT2D eigenvalue weighted by atomic mass is 16.6. The van der Waals surface area contributed by atoms with Crippen molar-refractivity contribution in [2.24, 2.45) is 11.0 Å². The smallest absolute Gasteiger partial charge is 0.303 e. The Morgan fingerprint density at radius 2 is 1.65 bits per heavy atom. The molecule has 0 aromatic heterocycles. The molecule has 23 heavy (non-hydrogen) atoms. The summed E-state index contributed by atoms with van der Waals surface area (Å²) >= 11 is 0. The van der Waals surface area contributed by atoms with E-state index in [9.17, 15) is 14.4 Å². The van der Waals surface area contributed by atoms with Crippen LogP contribution in [0.25, 0.3) is 10.4 Å². The van der Waals surface area contributed by atoms with Crippen LogP contribution in [0.4, 0.5) is 0 Å². The molecule has 128 valence electrons. The molecule has 0 unspecified atom stereocenters. The standard InChI is InChI=1S/C13H19N3O7/c1-6-11(21-8(3)18)12(22-9(4)19)10(5-20-7(2)17)23-13(6)15-16-14/h6,10-13H,5H2,1-4H3/t6-,10-,11-,12-,13+/m1/s1. The Bertz CT molecular complexity index is 518. The lowest BCUT2D eigenvalue weighted by molar-refractivity contribution is -0.229. The second kappa shape index (κ2) is 8.35. The van der Waals surface area contributed by atoms with Crippen LogP contribution in [0.15, 0.2) is 5.11 Å². The summed E-state index contributed by atoms with van der Waals surface area (Å²) in [6, 6.07) is 0. The lowest BCUT2D eigenvalue weighted by Crippen LogP contribution is -2.57. The van der Waals surface area contributed by atoms with Crippen molar-refractivity contribution in [3.05, 3.63) is 10.4 Å². The quantitative estimate of drug-likeness (QED) is 0.242. The number of nitrogens with zero attached hydrogens (tertiary/aromatic N) is 3. The van der Waals surface area contributed by atoms with Gasteiger partial charge in [0, 0.05) is 31.6 Å². The zero-order chi connectivity index (χ0) is 17.6. The number of carbonyl (C=O) groups is 3. The summed E-state index contributed by atoms with van der Waals surface area (Å²) in [4.78, 5) is 36.3. The average molecular weight is 329 g/mol. The molecule has 0 spiro atoms. The molecular weight excluding hydrogens is 310 g/mol. The van der Waals surface area contributed by atoms with E-state index < -0.39 is 48.4 Å². The molecule has 1 aliphatic heterocycles. The first-order valence-corrected chi connectivity index (χ1v) is 6.93. The number of hydrogen-bond donors (Lipinski definition) is 0. The summed E-state index contributed by atoms with van der Waals surface area (Å²) < 4.78 is 20.8. The Labute approximate surface area is 132 Å². The molecule has 10 heteroatoms. The van der Waals surface area contributed by atoms with Gasteiger partial charge in [-0.05, 0) is 5.53 Å². The van der Waals surface area contributed by atoms with Gasteiger partial charge in [0.15, 0.2) is 6.10 Å². The third-order valence-corrected chi connectivity index (χ3v) is 3.19. The molecule has 0 radical (unpaired) electrons. The van der Waals surface area contributed by atoms with E-state index >= 15 is 0 Å². The monoisotopic (exact) mass is 329 g/mol. The molecule has 1 fully saturated rings. The molecule has 5 atom stereocenters. The predicted molar refractivity (Wildman–Crippen MR) is 74.7 cm³/mol. The number of hydrogen-bond acceptors (Lipinski definition) is 8. The van der Waals surface area contributed by atoms with E-state index in [4.69, 9.17) is 24.5 Å². The van der Waals surface area contributed by atoms with Crippen molar-refractivity contribution in [1.82, 2.24) is 0 Å². The maximum absolute atomic E-state index is 11.3. The normalized spacial score (nSPS) is 29.8. The maximum atomic E-state index is 11.3. The number of carbonyl (C=O) groups excluding carboxylic acids is 3. The minimum Gasteiger partial charge on any atom is -0.463 e. The SMILES string of the molecule is CC(=O)OC[C@H]1O[C@H](N=[N+]=[N-])[C@H](C)[C@@H](OC(C)=O)[C@@H]1OC(C)=O. The molecule has 1 aliphatic rings. The Hall–Kier alpha value is -2.32. The van der Waals surface area contributed by atoms with Gasteiger partial charge in [-0.1, -0.05) is 12.0 Å². The Balaban J connectivity index is 3.09. The van der Waals surface area contributed by atoms with Crippen molar-refractivity contribution in [2.75, 3.05) is 6.61 Å². The lowest BCUT2D eigenvalue weighted by atomic mass is 9.91. The van der Waals surface area contributed by atoms with Gasteiger partial charge in [-0.25, -0.2) is 0 Å². The van der Waals surface area contributed by atoms with Crippen molar-refractivity contribution >= 4 is 17.9 Å². The second-order valence-electron chi connectivity index (χ2n) is 5.08. The summed E-state index contributed by atoms with van der Waals surface area (Å²) in [7, 11) is 0. The topological polar surface area (TPSA) is 137 Å². The third kappa shape index (κ3) is 5.42. The summed E-state index contributed by atoms with van der Waals surface area (Å²) in [5, 5.41) is 3.50. The van der Waals surface area contributed by atoms with Gasteiger partial charge in [0.2, 0.25) is 0 Å². The van der Waals surface area contributed by atoms with Crippen molar-refractivity contribution in [2.45, 2.75) is 52.2 Å². The molecule has 10 nitrogen and oxygen atoms in total. The number of rotatable bonds is 5. The summed E-state index contributed by atoms with van der Waals surface area (Å²) in [6.07, 6.45) is -3.78. The second-order valence-corrected chi connectivity index (χ2v) is 5.08. The van der Waals surface area contributed by atoms with Crippen LogP contribution in [-0.2, 0) is 33.3 Å². The van der Waals surface area contributed by atoms with Gasteiger partial charge in [0.25, 0.3) is 0 Å². The highest BCUT2D eigenvalue weighted by molar-refractivity contribution is 5.67. The molecule has 0 amide bonds. The van der Waals surface area contributed by atoms with E-state index in [0.29, 0.717) is 0 Å². The molecule has 0 bridgehead atoms. The average Bonchev–Trinajstić information content (AvgIpc) is 2.43. The molecular formula is C13H19N3O7. The van der Waals surface area contributed by atoms with Gasteiger partial charge in [-0.15, -0.1) is 0 Å². The largest absolute Gasteiger partial charge is 0.463 e. The van der Waals surface area contributed by atoms with Gasteiger partial charge < -0.3 is 18.9 Å². The van der Waals surface area contributed by atoms with Gasteiger partial charge in [0.05, 0.1) is 0 Å². The fourth-order valence-corrected chi connectivity index (χ4v) is 2.27. The van der Waals surface area contributed by atoms with Crippen LogP contribution in [0.2, 0.25) is 0 Å². The van der Waals surface area contributed by atoms with Crippen LogP contribution in [0.3, 0.4) is 0 Å². The van der Waals surface area contributed by atoms with Gasteiger partial charge in [-0.3, -0.25) is 14.4 Å². The highest BCUT2D eigenvalue weighted by Gasteiger charge is 2.48. The first-order chi connectivity index (χ1) is 10.8. The fraction of sp³-hybridized carbons (Fsp3) is 0.769. The predicted octanol–water partition coefficient (Wildman–Crippen LogP) is 1.08. The summed E-state index contributed by atoms with van der Waals surface area (Å²) in [5.41, 5.74) is 8.62. The van der Waals surface area contributed by atoms with E-state index in [2.05, 4.69) is 10.0 Å². The first-order valence-electron chi connectivity index (χ1n) is 6.93. The number of ether oxygens (including phenoxy) is 4. The Morgan fingerprint density at radius 1 is 1.09 bits per heavy atom. The molecule has 1 heterocycles. The molecule has 0 N–H and O–H groups in total. The van der Waals surface area contributed by atoms with Crippen LogP contribution in [0.1, 0.15) is 27.7 Å². The minimum atomic E-state index is -0.990. The lowest BCUT2D eigenvalue weighted by Gasteiger charge is -2.42.